The van der Waals surface area contributed by atoms with Crippen molar-refractivity contribution in [3.63, 3.8) is 0 Å². The van der Waals surface area contributed by atoms with E-state index in [2.05, 4.69) is 5.32 Å². The van der Waals surface area contributed by atoms with Crippen LogP contribution in [0.3, 0.4) is 0 Å². The first-order valence-electron chi connectivity index (χ1n) is 11.3. The lowest BCUT2D eigenvalue weighted by Crippen LogP contribution is -2.55. The molecule has 2 amide bonds. The van der Waals surface area contributed by atoms with Crippen LogP contribution in [0.25, 0.3) is 0 Å². The maximum Gasteiger partial charge on any atom is 0.231 e. The summed E-state index contributed by atoms with van der Waals surface area (Å²) in [5, 5.41) is 12.6. The lowest BCUT2D eigenvalue weighted by molar-refractivity contribution is -0.142. The predicted octanol–water partition coefficient (Wildman–Crippen LogP) is 2.83. The lowest BCUT2D eigenvalue weighted by atomic mass is 9.46. The van der Waals surface area contributed by atoms with E-state index in [4.69, 9.17) is 4.74 Å². The summed E-state index contributed by atoms with van der Waals surface area (Å²) in [6.07, 6.45) is 2.76. The van der Waals surface area contributed by atoms with E-state index in [0.29, 0.717) is 24.0 Å². The molecule has 1 aromatic rings. The van der Waals surface area contributed by atoms with E-state index in [9.17, 15) is 24.3 Å². The normalized spacial score (nSPS) is 35.5. The van der Waals surface area contributed by atoms with E-state index < -0.39 is 29.1 Å². The number of methoxy groups -OCH3 is 1. The summed E-state index contributed by atoms with van der Waals surface area (Å²) >= 11 is 0. The third kappa shape index (κ3) is 2.74. The number of imide groups is 1. The zero-order valence-corrected chi connectivity index (χ0v) is 19.1. The predicted molar refractivity (Wildman–Crippen MR) is 118 cm³/mol. The first-order valence-corrected chi connectivity index (χ1v) is 11.3. The number of ether oxygens (including phenoxy) is 1. The summed E-state index contributed by atoms with van der Waals surface area (Å²) < 4.78 is 5.33. The van der Waals surface area contributed by atoms with E-state index in [0.717, 1.165) is 11.1 Å². The van der Waals surface area contributed by atoms with Gasteiger partial charge in [-0.3, -0.25) is 24.5 Å². The van der Waals surface area contributed by atoms with E-state index in [1.54, 1.807) is 26.0 Å². The van der Waals surface area contributed by atoms with Crippen LogP contribution in [-0.4, -0.2) is 35.6 Å². The number of aromatic hydroxyl groups is 1. The van der Waals surface area contributed by atoms with Crippen molar-refractivity contribution in [1.29, 1.82) is 0 Å². The Bertz CT molecular complexity index is 1190. The Hall–Kier alpha value is -3.22. The molecule has 0 unspecified atom stereocenters. The van der Waals surface area contributed by atoms with Crippen LogP contribution in [0.2, 0.25) is 0 Å². The minimum Gasteiger partial charge on any atom is -0.504 e. The van der Waals surface area contributed by atoms with Crippen LogP contribution in [0.4, 0.5) is 0 Å². The molecule has 1 heterocycles. The van der Waals surface area contributed by atoms with Gasteiger partial charge < -0.3 is 9.84 Å². The number of hydrogen-bond donors (Lipinski definition) is 2. The highest BCUT2D eigenvalue weighted by atomic mass is 16.5. The number of ketones is 2. The third-order valence-corrected chi connectivity index (χ3v) is 8.55. The Morgan fingerprint density at radius 2 is 1.79 bits per heavy atom. The van der Waals surface area contributed by atoms with Gasteiger partial charge in [0.2, 0.25) is 11.8 Å². The van der Waals surface area contributed by atoms with Crippen molar-refractivity contribution >= 4 is 23.4 Å². The van der Waals surface area contributed by atoms with Crippen LogP contribution < -0.4 is 10.1 Å². The van der Waals surface area contributed by atoms with Gasteiger partial charge in [-0.2, -0.15) is 0 Å². The number of amides is 2. The molecule has 7 nitrogen and oxygen atoms in total. The first kappa shape index (κ1) is 21.6. The Labute approximate surface area is 191 Å². The van der Waals surface area contributed by atoms with Crippen LogP contribution in [0, 0.1) is 29.1 Å². The number of benzene rings is 1. The Morgan fingerprint density at radius 1 is 1.06 bits per heavy atom. The van der Waals surface area contributed by atoms with Crippen molar-refractivity contribution in [2.45, 2.75) is 39.5 Å². The number of phenolic OH excluding ortho intramolecular Hbond substituents is 1. The van der Waals surface area contributed by atoms with Crippen LogP contribution >= 0.6 is 0 Å². The van der Waals surface area contributed by atoms with Crippen molar-refractivity contribution in [1.82, 2.24) is 5.32 Å². The van der Waals surface area contributed by atoms with E-state index in [1.165, 1.54) is 13.2 Å². The van der Waals surface area contributed by atoms with Gasteiger partial charge in [-0.05, 0) is 61.4 Å². The van der Waals surface area contributed by atoms with Crippen molar-refractivity contribution in [3.05, 3.63) is 46.6 Å². The number of fused-ring (bicyclic) bond motifs is 4. The molecule has 1 saturated heterocycles. The Morgan fingerprint density at radius 3 is 2.48 bits per heavy atom. The van der Waals surface area contributed by atoms with Gasteiger partial charge in [0.1, 0.15) is 0 Å². The average molecular weight is 450 g/mol. The second-order valence-corrected chi connectivity index (χ2v) is 9.91. The molecule has 2 N–H and O–H groups in total. The monoisotopic (exact) mass is 449 g/mol. The molecule has 33 heavy (non-hydrogen) atoms. The number of phenols is 1. The second kappa shape index (κ2) is 7.14. The number of hydrogen-bond acceptors (Lipinski definition) is 6. The van der Waals surface area contributed by atoms with Gasteiger partial charge in [0.05, 0.1) is 24.4 Å². The molecule has 1 aromatic carbocycles. The Balaban J connectivity index is 1.75. The minimum atomic E-state index is -1.04. The number of rotatable bonds is 2. The molecular formula is C26H27NO6. The number of carbonyl (C=O) groups excluding carboxylic acids is 4. The van der Waals surface area contributed by atoms with Crippen LogP contribution in [0.5, 0.6) is 11.5 Å². The topological polar surface area (TPSA) is 110 Å². The van der Waals surface area contributed by atoms with Crippen molar-refractivity contribution in [2.75, 3.05) is 7.11 Å². The molecule has 1 aliphatic heterocycles. The number of carbonyl (C=O) groups is 4. The number of nitrogens with one attached hydrogen (secondary N) is 1. The Kier molecular flexibility index (Phi) is 4.68. The highest BCUT2D eigenvalue weighted by Gasteiger charge is 2.63. The zero-order valence-electron chi connectivity index (χ0n) is 19.1. The second-order valence-electron chi connectivity index (χ2n) is 9.91. The molecule has 0 aromatic heterocycles. The van der Waals surface area contributed by atoms with Crippen LogP contribution in [0.15, 0.2) is 41.0 Å². The SMILES string of the molecule is COc1cc([C@H]2C3=CC[C@@H]4C(=O)NC(=O)[C@@H]4[C@@H]3C[C@H]3C(=O)C(C)=C(C)C(=O)[C@@]23C)ccc1O. The fraction of sp³-hybridized carbons (Fsp3) is 0.462. The molecule has 0 bridgehead atoms. The van der Waals surface area contributed by atoms with Crippen LogP contribution in [-0.2, 0) is 19.2 Å². The molecule has 0 spiro atoms. The summed E-state index contributed by atoms with van der Waals surface area (Å²) in [5.41, 5.74) is 1.55. The molecular weight excluding hydrogens is 422 g/mol. The summed E-state index contributed by atoms with van der Waals surface area (Å²) in [7, 11) is 1.46. The zero-order chi connectivity index (χ0) is 23.8. The molecule has 7 heteroatoms. The largest absolute Gasteiger partial charge is 0.504 e. The standard InChI is InChI=1S/C26H27NO6/c1-11-12(2)23(30)26(3)17(22(11)29)10-16-14(6-7-15-20(16)25(32)27-24(15)31)21(26)13-5-8-18(28)19(9-13)33-4/h5-6,8-9,15-17,20-21,28H,7,10H2,1-4H3,(H,27,31,32)/t15-,16+,17-,20-,21-,26+/m0/s1. The van der Waals surface area contributed by atoms with Gasteiger partial charge in [-0.25, -0.2) is 0 Å². The molecule has 0 radical (unpaired) electrons. The van der Waals surface area contributed by atoms with Gasteiger partial charge in [-0.15, -0.1) is 0 Å². The average Bonchev–Trinajstić information content (AvgIpc) is 3.09. The van der Waals surface area contributed by atoms with E-state index in [-0.39, 0.29) is 40.8 Å². The fourth-order valence-corrected chi connectivity index (χ4v) is 6.74. The molecule has 6 atom stereocenters. The molecule has 4 aliphatic rings. The van der Waals surface area contributed by atoms with Gasteiger partial charge in [0, 0.05) is 11.8 Å². The number of allylic oxidation sites excluding steroid dienone is 4. The van der Waals surface area contributed by atoms with Crippen molar-refractivity contribution < 1.29 is 29.0 Å². The van der Waals surface area contributed by atoms with E-state index >= 15 is 0 Å². The summed E-state index contributed by atoms with van der Waals surface area (Å²) in [6.45, 7) is 5.24. The van der Waals surface area contributed by atoms with Gasteiger partial charge in [0.15, 0.2) is 23.1 Å². The molecule has 172 valence electrons. The molecule has 3 aliphatic carbocycles. The van der Waals surface area contributed by atoms with E-state index in [1.807, 2.05) is 13.0 Å². The van der Waals surface area contributed by atoms with Crippen molar-refractivity contribution in [3.8, 4) is 11.5 Å². The first-order chi connectivity index (χ1) is 15.6. The smallest absolute Gasteiger partial charge is 0.231 e. The van der Waals surface area contributed by atoms with Crippen molar-refractivity contribution in [2.24, 2.45) is 29.1 Å². The highest BCUT2D eigenvalue weighted by Crippen LogP contribution is 2.62. The summed E-state index contributed by atoms with van der Waals surface area (Å²) in [5.74, 6) is -2.87. The molecule has 2 fully saturated rings. The minimum absolute atomic E-state index is 0.0215. The maximum absolute atomic E-state index is 13.8. The summed E-state index contributed by atoms with van der Waals surface area (Å²) in [6, 6.07) is 4.98. The quantitative estimate of drug-likeness (QED) is 0.531. The molecule has 5 rings (SSSR count). The highest BCUT2D eigenvalue weighted by molar-refractivity contribution is 6.16. The number of Topliss-reactive ketones (excluding diaryl/α,β-unsaturated/α-hetero) is 2. The third-order valence-electron chi connectivity index (χ3n) is 8.55. The van der Waals surface area contributed by atoms with Gasteiger partial charge >= 0.3 is 0 Å². The van der Waals surface area contributed by atoms with Gasteiger partial charge in [0.25, 0.3) is 0 Å². The lowest BCUT2D eigenvalue weighted by Gasteiger charge is -2.54. The van der Waals surface area contributed by atoms with Crippen LogP contribution in [0.1, 0.15) is 45.1 Å². The fourth-order valence-electron chi connectivity index (χ4n) is 6.74. The maximum atomic E-state index is 13.8. The van der Waals surface area contributed by atoms with Gasteiger partial charge in [-0.1, -0.05) is 24.6 Å². The molecule has 1 saturated carbocycles. The summed E-state index contributed by atoms with van der Waals surface area (Å²) in [4.78, 5) is 52.5.